The standard InChI is InChI=1S/C17H22N4O4/c18-16(23)11-1-4-13(17(24)19-12-2-3-12)14(9-11)20-15(22)10-21-5-7-25-8-6-21/h1,4,9,12H,2-3,5-8,10H2,(H2,18,23)(H,19,24)(H,20,22). The predicted octanol–water partition coefficient (Wildman–Crippen LogP) is -0.0516. The number of nitrogens with zero attached hydrogens (tertiary/aromatic N) is 1. The molecule has 2 aliphatic rings. The fraction of sp³-hybridized carbons (Fsp3) is 0.471. The average molecular weight is 346 g/mol. The number of anilines is 1. The first-order valence-electron chi connectivity index (χ1n) is 8.37. The summed E-state index contributed by atoms with van der Waals surface area (Å²) in [7, 11) is 0. The van der Waals surface area contributed by atoms with Gasteiger partial charge in [-0.05, 0) is 31.0 Å². The zero-order valence-electron chi connectivity index (χ0n) is 13.9. The zero-order chi connectivity index (χ0) is 17.8. The van der Waals surface area contributed by atoms with Crippen molar-refractivity contribution in [2.24, 2.45) is 5.73 Å². The molecule has 1 saturated carbocycles. The van der Waals surface area contributed by atoms with Crippen molar-refractivity contribution in [1.29, 1.82) is 0 Å². The number of hydrogen-bond acceptors (Lipinski definition) is 5. The molecule has 3 amide bonds. The van der Waals surface area contributed by atoms with Crippen LogP contribution in [0.4, 0.5) is 5.69 Å². The van der Waals surface area contributed by atoms with Crippen LogP contribution in [-0.2, 0) is 9.53 Å². The first-order valence-corrected chi connectivity index (χ1v) is 8.37. The Morgan fingerprint density at radius 1 is 1.20 bits per heavy atom. The van der Waals surface area contributed by atoms with Gasteiger partial charge in [0.05, 0.1) is 31.0 Å². The van der Waals surface area contributed by atoms with E-state index in [0.29, 0.717) is 37.6 Å². The van der Waals surface area contributed by atoms with Gasteiger partial charge in [-0.2, -0.15) is 0 Å². The number of rotatable bonds is 6. The molecule has 25 heavy (non-hydrogen) atoms. The van der Waals surface area contributed by atoms with Crippen molar-refractivity contribution in [3.8, 4) is 0 Å². The van der Waals surface area contributed by atoms with Crippen molar-refractivity contribution in [1.82, 2.24) is 10.2 Å². The quantitative estimate of drug-likeness (QED) is 0.668. The molecule has 134 valence electrons. The fourth-order valence-corrected chi connectivity index (χ4v) is 2.64. The lowest BCUT2D eigenvalue weighted by Crippen LogP contribution is -2.41. The molecule has 1 saturated heterocycles. The molecule has 0 radical (unpaired) electrons. The second kappa shape index (κ2) is 7.62. The van der Waals surface area contributed by atoms with Crippen LogP contribution in [0.5, 0.6) is 0 Å². The van der Waals surface area contributed by atoms with E-state index in [4.69, 9.17) is 10.5 Å². The maximum Gasteiger partial charge on any atom is 0.253 e. The number of amides is 3. The van der Waals surface area contributed by atoms with E-state index in [1.807, 2.05) is 4.90 Å². The topological polar surface area (TPSA) is 114 Å². The van der Waals surface area contributed by atoms with E-state index in [1.165, 1.54) is 18.2 Å². The van der Waals surface area contributed by atoms with Gasteiger partial charge in [0.1, 0.15) is 0 Å². The molecule has 8 heteroatoms. The van der Waals surface area contributed by atoms with Gasteiger partial charge in [-0.3, -0.25) is 19.3 Å². The number of morpholine rings is 1. The molecule has 1 heterocycles. The van der Waals surface area contributed by atoms with Gasteiger partial charge in [0.25, 0.3) is 5.91 Å². The lowest BCUT2D eigenvalue weighted by atomic mass is 10.1. The Balaban J connectivity index is 1.73. The largest absolute Gasteiger partial charge is 0.379 e. The van der Waals surface area contributed by atoms with Gasteiger partial charge >= 0.3 is 0 Å². The van der Waals surface area contributed by atoms with Crippen LogP contribution in [0, 0.1) is 0 Å². The predicted molar refractivity (Wildman–Crippen MR) is 91.3 cm³/mol. The molecule has 2 fully saturated rings. The molecule has 1 aliphatic heterocycles. The molecule has 0 atom stereocenters. The van der Waals surface area contributed by atoms with E-state index in [0.717, 1.165) is 12.8 Å². The Morgan fingerprint density at radius 3 is 2.56 bits per heavy atom. The van der Waals surface area contributed by atoms with Gasteiger partial charge in [-0.25, -0.2) is 0 Å². The molecule has 1 aliphatic carbocycles. The highest BCUT2D eigenvalue weighted by Gasteiger charge is 2.25. The Hall–Kier alpha value is -2.45. The molecular weight excluding hydrogens is 324 g/mol. The molecule has 0 spiro atoms. The summed E-state index contributed by atoms with van der Waals surface area (Å²) in [5.41, 5.74) is 6.17. The molecule has 4 N–H and O–H groups in total. The Morgan fingerprint density at radius 2 is 1.92 bits per heavy atom. The van der Waals surface area contributed by atoms with Crippen LogP contribution < -0.4 is 16.4 Å². The average Bonchev–Trinajstić information content (AvgIpc) is 3.39. The second-order valence-electron chi connectivity index (χ2n) is 6.31. The smallest absolute Gasteiger partial charge is 0.253 e. The second-order valence-corrected chi connectivity index (χ2v) is 6.31. The van der Waals surface area contributed by atoms with Crippen LogP contribution in [0.15, 0.2) is 18.2 Å². The van der Waals surface area contributed by atoms with Crippen molar-refractivity contribution in [3.05, 3.63) is 29.3 Å². The Bertz CT molecular complexity index is 681. The van der Waals surface area contributed by atoms with E-state index in [2.05, 4.69) is 10.6 Å². The number of hydrogen-bond donors (Lipinski definition) is 3. The van der Waals surface area contributed by atoms with Crippen LogP contribution in [0.3, 0.4) is 0 Å². The monoisotopic (exact) mass is 346 g/mol. The van der Waals surface area contributed by atoms with Crippen molar-refractivity contribution >= 4 is 23.4 Å². The van der Waals surface area contributed by atoms with Crippen LogP contribution in [-0.4, -0.2) is 61.5 Å². The number of carbonyl (C=O) groups is 3. The van der Waals surface area contributed by atoms with Crippen LogP contribution in [0.2, 0.25) is 0 Å². The van der Waals surface area contributed by atoms with Crippen LogP contribution in [0.1, 0.15) is 33.6 Å². The van der Waals surface area contributed by atoms with E-state index in [1.54, 1.807) is 0 Å². The summed E-state index contributed by atoms with van der Waals surface area (Å²) in [6, 6.07) is 4.64. The van der Waals surface area contributed by atoms with Crippen molar-refractivity contribution < 1.29 is 19.1 Å². The molecule has 1 aromatic carbocycles. The van der Waals surface area contributed by atoms with Crippen molar-refractivity contribution in [2.75, 3.05) is 38.2 Å². The van der Waals surface area contributed by atoms with Gasteiger partial charge in [0, 0.05) is 24.7 Å². The number of primary amides is 1. The van der Waals surface area contributed by atoms with Gasteiger partial charge in [0.2, 0.25) is 11.8 Å². The highest BCUT2D eigenvalue weighted by molar-refractivity contribution is 6.06. The van der Waals surface area contributed by atoms with E-state index < -0.39 is 5.91 Å². The van der Waals surface area contributed by atoms with Gasteiger partial charge in [-0.15, -0.1) is 0 Å². The summed E-state index contributed by atoms with van der Waals surface area (Å²) in [6.45, 7) is 2.76. The summed E-state index contributed by atoms with van der Waals surface area (Å²) in [5, 5.41) is 5.62. The van der Waals surface area contributed by atoms with E-state index in [9.17, 15) is 14.4 Å². The number of ether oxygens (including phenoxy) is 1. The van der Waals surface area contributed by atoms with E-state index >= 15 is 0 Å². The first kappa shape index (κ1) is 17.4. The number of nitrogens with two attached hydrogens (primary N) is 1. The van der Waals surface area contributed by atoms with Crippen molar-refractivity contribution in [3.63, 3.8) is 0 Å². The van der Waals surface area contributed by atoms with Crippen molar-refractivity contribution in [2.45, 2.75) is 18.9 Å². The SMILES string of the molecule is NC(=O)c1ccc(C(=O)NC2CC2)c(NC(=O)CN2CCOCC2)c1. The molecule has 3 rings (SSSR count). The lowest BCUT2D eigenvalue weighted by Gasteiger charge is -2.26. The maximum absolute atomic E-state index is 12.4. The first-order chi connectivity index (χ1) is 12.0. The summed E-state index contributed by atoms with van der Waals surface area (Å²) in [4.78, 5) is 38.1. The minimum atomic E-state index is -0.613. The number of carbonyl (C=O) groups excluding carboxylic acids is 3. The molecule has 1 aromatic rings. The van der Waals surface area contributed by atoms with Crippen LogP contribution >= 0.6 is 0 Å². The van der Waals surface area contributed by atoms with Gasteiger partial charge in [0.15, 0.2) is 0 Å². The fourth-order valence-electron chi connectivity index (χ4n) is 2.64. The number of benzene rings is 1. The summed E-state index contributed by atoms with van der Waals surface area (Å²) in [6.07, 6.45) is 1.92. The molecule has 8 nitrogen and oxygen atoms in total. The summed E-state index contributed by atoms with van der Waals surface area (Å²) < 4.78 is 5.26. The highest BCUT2D eigenvalue weighted by atomic mass is 16.5. The zero-order valence-corrected chi connectivity index (χ0v) is 13.9. The minimum Gasteiger partial charge on any atom is -0.379 e. The molecule has 0 bridgehead atoms. The number of nitrogens with one attached hydrogen (secondary N) is 2. The normalized spacial score (nSPS) is 17.8. The van der Waals surface area contributed by atoms with Gasteiger partial charge in [-0.1, -0.05) is 0 Å². The lowest BCUT2D eigenvalue weighted by molar-refractivity contribution is -0.118. The third kappa shape index (κ3) is 4.77. The third-order valence-corrected chi connectivity index (χ3v) is 4.21. The minimum absolute atomic E-state index is 0.195. The highest BCUT2D eigenvalue weighted by Crippen LogP contribution is 2.22. The maximum atomic E-state index is 12.4. The summed E-state index contributed by atoms with van der Waals surface area (Å²) in [5.74, 6) is -1.12. The molecular formula is C17H22N4O4. The van der Waals surface area contributed by atoms with Gasteiger partial charge < -0.3 is 21.1 Å². The third-order valence-electron chi connectivity index (χ3n) is 4.21. The Kier molecular flexibility index (Phi) is 5.30. The Labute approximate surface area is 145 Å². The molecule has 0 aromatic heterocycles. The summed E-state index contributed by atoms with van der Waals surface area (Å²) >= 11 is 0. The van der Waals surface area contributed by atoms with E-state index in [-0.39, 0.29) is 30.0 Å². The van der Waals surface area contributed by atoms with Crippen LogP contribution in [0.25, 0.3) is 0 Å². The molecule has 0 unspecified atom stereocenters.